The Labute approximate surface area is 109 Å². The van der Waals surface area contributed by atoms with Crippen LogP contribution < -0.4 is 0 Å². The molecule has 0 aromatic rings. The molecule has 1 heterocycles. The Morgan fingerprint density at radius 3 is 2.44 bits per heavy atom. The number of hydrogen-bond acceptors (Lipinski definition) is 4. The normalized spacial score (nSPS) is 17.3. The van der Waals surface area contributed by atoms with Gasteiger partial charge in [0.1, 0.15) is 12.1 Å². The van der Waals surface area contributed by atoms with Crippen molar-refractivity contribution in [1.29, 1.82) is 0 Å². The third-order valence-corrected chi connectivity index (χ3v) is 3.26. The molecule has 0 fully saturated rings. The summed E-state index contributed by atoms with van der Waals surface area (Å²) in [7, 11) is 0. The van der Waals surface area contributed by atoms with Crippen LogP contribution >= 0.6 is 0 Å². The molecule has 0 spiro atoms. The van der Waals surface area contributed by atoms with Gasteiger partial charge in [-0.2, -0.15) is 0 Å². The van der Waals surface area contributed by atoms with Gasteiger partial charge in [-0.1, -0.05) is 25.3 Å². The fourth-order valence-corrected chi connectivity index (χ4v) is 1.98. The highest BCUT2D eigenvalue weighted by molar-refractivity contribution is 5.78. The van der Waals surface area contributed by atoms with E-state index in [2.05, 4.69) is 11.6 Å². The molecule has 0 saturated heterocycles. The lowest BCUT2D eigenvalue weighted by atomic mass is 10.1. The summed E-state index contributed by atoms with van der Waals surface area (Å²) < 4.78 is 5.41. The van der Waals surface area contributed by atoms with Gasteiger partial charge >= 0.3 is 0 Å². The largest absolute Gasteiger partial charge is 0.478 e. The summed E-state index contributed by atoms with van der Waals surface area (Å²) >= 11 is 0. The molecular weight excluding hydrogens is 230 g/mol. The zero-order chi connectivity index (χ0) is 13.3. The predicted octanol–water partition coefficient (Wildman–Crippen LogP) is 2.06. The lowest BCUT2D eigenvalue weighted by Crippen LogP contribution is -2.37. The Hall–Kier alpha value is -0.870. The van der Waals surface area contributed by atoms with Gasteiger partial charge < -0.3 is 14.9 Å². The quantitative estimate of drug-likeness (QED) is 0.464. The van der Waals surface area contributed by atoms with Crippen molar-refractivity contribution < 1.29 is 14.9 Å². The highest BCUT2D eigenvalue weighted by atomic mass is 16.5. The van der Waals surface area contributed by atoms with Crippen molar-refractivity contribution in [3.8, 4) is 0 Å². The maximum Gasteiger partial charge on any atom is 0.184 e. The Balaban J connectivity index is 2.11. The molecule has 0 atom stereocenters. The molecule has 0 aromatic heterocycles. The van der Waals surface area contributed by atoms with E-state index >= 15 is 0 Å². The van der Waals surface area contributed by atoms with Gasteiger partial charge in [-0.3, -0.25) is 0 Å². The molecule has 0 saturated carbocycles. The standard InChI is InChI=1S/C14H25NO3/c1-2-3-4-5-6-7-8-9-13-15-14(10-16,11-17)12-18-13/h2,16-17H,1,3-12H2. The first kappa shape index (κ1) is 15.2. The minimum atomic E-state index is -0.792. The van der Waals surface area contributed by atoms with Crippen LogP contribution in [0, 0.1) is 0 Å². The number of rotatable bonds is 10. The number of nitrogens with zero attached hydrogens (tertiary/aromatic N) is 1. The molecule has 0 unspecified atom stereocenters. The van der Waals surface area contributed by atoms with Gasteiger partial charge in [0, 0.05) is 6.42 Å². The molecule has 0 amide bonds. The van der Waals surface area contributed by atoms with E-state index in [1.54, 1.807) is 0 Å². The number of aliphatic hydroxyl groups excluding tert-OH is 2. The molecule has 18 heavy (non-hydrogen) atoms. The summed E-state index contributed by atoms with van der Waals surface area (Å²) in [5.41, 5.74) is -0.792. The summed E-state index contributed by atoms with van der Waals surface area (Å²) in [6, 6.07) is 0. The summed E-state index contributed by atoms with van der Waals surface area (Å²) in [4.78, 5) is 4.28. The van der Waals surface area contributed by atoms with Gasteiger partial charge in [0.25, 0.3) is 0 Å². The summed E-state index contributed by atoms with van der Waals surface area (Å²) in [6.45, 7) is 3.69. The van der Waals surface area contributed by atoms with Crippen LogP contribution in [-0.2, 0) is 4.74 Å². The van der Waals surface area contributed by atoms with Crippen LogP contribution in [0.4, 0.5) is 0 Å². The zero-order valence-corrected chi connectivity index (χ0v) is 11.1. The fraction of sp³-hybridized carbons (Fsp3) is 0.786. The van der Waals surface area contributed by atoms with Crippen LogP contribution in [0.1, 0.15) is 44.9 Å². The smallest absolute Gasteiger partial charge is 0.184 e. The van der Waals surface area contributed by atoms with Crippen LogP contribution in [0.2, 0.25) is 0 Å². The lowest BCUT2D eigenvalue weighted by molar-refractivity contribution is 0.0972. The van der Waals surface area contributed by atoms with E-state index in [4.69, 9.17) is 4.74 Å². The van der Waals surface area contributed by atoms with E-state index in [-0.39, 0.29) is 13.2 Å². The van der Waals surface area contributed by atoms with Crippen molar-refractivity contribution in [3.63, 3.8) is 0 Å². The minimum Gasteiger partial charge on any atom is -0.478 e. The van der Waals surface area contributed by atoms with E-state index in [0.29, 0.717) is 12.5 Å². The van der Waals surface area contributed by atoms with E-state index in [0.717, 1.165) is 19.3 Å². The molecule has 1 aliphatic rings. The zero-order valence-electron chi connectivity index (χ0n) is 11.1. The number of allylic oxidation sites excluding steroid dienone is 1. The van der Waals surface area contributed by atoms with Gasteiger partial charge in [0.15, 0.2) is 5.90 Å². The SMILES string of the molecule is C=CCCCCCCCC1=NC(CO)(CO)CO1. The Kier molecular flexibility index (Phi) is 6.98. The Morgan fingerprint density at radius 2 is 1.83 bits per heavy atom. The van der Waals surface area contributed by atoms with Crippen LogP contribution in [0.3, 0.4) is 0 Å². The average molecular weight is 255 g/mol. The fourth-order valence-electron chi connectivity index (χ4n) is 1.98. The second-order valence-corrected chi connectivity index (χ2v) is 4.93. The minimum absolute atomic E-state index is 0.158. The number of unbranched alkanes of at least 4 members (excludes halogenated alkanes) is 5. The van der Waals surface area contributed by atoms with E-state index in [9.17, 15) is 10.2 Å². The van der Waals surface area contributed by atoms with Crippen molar-refractivity contribution >= 4 is 5.90 Å². The van der Waals surface area contributed by atoms with Crippen LogP contribution in [0.25, 0.3) is 0 Å². The first-order valence-electron chi connectivity index (χ1n) is 6.80. The molecular formula is C14H25NO3. The average Bonchev–Trinajstić information content (AvgIpc) is 2.82. The first-order valence-corrected chi connectivity index (χ1v) is 6.80. The third kappa shape index (κ3) is 4.78. The van der Waals surface area contributed by atoms with E-state index in [1.807, 2.05) is 6.08 Å². The third-order valence-electron chi connectivity index (χ3n) is 3.26. The highest BCUT2D eigenvalue weighted by Crippen LogP contribution is 2.20. The highest BCUT2D eigenvalue weighted by Gasteiger charge is 2.35. The summed E-state index contributed by atoms with van der Waals surface area (Å²) in [5.74, 6) is 0.684. The molecule has 0 aliphatic carbocycles. The molecule has 2 N–H and O–H groups in total. The molecule has 0 aromatic carbocycles. The van der Waals surface area contributed by atoms with Crippen LogP contribution in [0.5, 0.6) is 0 Å². The predicted molar refractivity (Wildman–Crippen MR) is 72.8 cm³/mol. The number of hydrogen-bond donors (Lipinski definition) is 2. The number of aliphatic imine (C=N–C) groups is 1. The van der Waals surface area contributed by atoms with Gasteiger partial charge in [-0.25, -0.2) is 4.99 Å². The molecule has 1 rings (SSSR count). The monoisotopic (exact) mass is 255 g/mol. The summed E-state index contributed by atoms with van der Waals surface area (Å²) in [6.07, 6.45) is 9.80. The van der Waals surface area contributed by atoms with Crippen LogP contribution in [-0.4, -0.2) is 41.5 Å². The number of aliphatic hydroxyl groups is 2. The molecule has 0 bridgehead atoms. The van der Waals surface area contributed by atoms with Crippen molar-refractivity contribution in [2.45, 2.75) is 50.5 Å². The number of ether oxygens (including phenoxy) is 1. The van der Waals surface area contributed by atoms with Crippen molar-refractivity contribution in [2.24, 2.45) is 4.99 Å². The van der Waals surface area contributed by atoms with Crippen molar-refractivity contribution in [2.75, 3.05) is 19.8 Å². The van der Waals surface area contributed by atoms with Crippen molar-refractivity contribution in [1.82, 2.24) is 0 Å². The Morgan fingerprint density at radius 1 is 1.17 bits per heavy atom. The molecule has 4 heteroatoms. The maximum atomic E-state index is 9.17. The van der Waals surface area contributed by atoms with Crippen molar-refractivity contribution in [3.05, 3.63) is 12.7 Å². The van der Waals surface area contributed by atoms with E-state index in [1.165, 1.54) is 25.7 Å². The topological polar surface area (TPSA) is 62.1 Å². The molecule has 1 aliphatic heterocycles. The summed E-state index contributed by atoms with van der Waals surface area (Å²) in [5, 5.41) is 18.3. The van der Waals surface area contributed by atoms with Gasteiger partial charge in [0.05, 0.1) is 13.2 Å². The van der Waals surface area contributed by atoms with E-state index < -0.39 is 5.54 Å². The molecule has 4 nitrogen and oxygen atoms in total. The second kappa shape index (κ2) is 8.27. The molecule has 0 radical (unpaired) electrons. The van der Waals surface area contributed by atoms with Gasteiger partial charge in [-0.15, -0.1) is 6.58 Å². The maximum absolute atomic E-state index is 9.17. The Bertz CT molecular complexity index is 272. The van der Waals surface area contributed by atoms with Gasteiger partial charge in [-0.05, 0) is 19.3 Å². The first-order chi connectivity index (χ1) is 8.76. The molecule has 104 valence electrons. The van der Waals surface area contributed by atoms with Crippen LogP contribution in [0.15, 0.2) is 17.6 Å². The lowest BCUT2D eigenvalue weighted by Gasteiger charge is -2.16. The second-order valence-electron chi connectivity index (χ2n) is 4.93. The van der Waals surface area contributed by atoms with Gasteiger partial charge in [0.2, 0.25) is 0 Å².